The van der Waals surface area contributed by atoms with Crippen molar-refractivity contribution in [1.29, 1.82) is 0 Å². The van der Waals surface area contributed by atoms with Crippen molar-refractivity contribution in [1.82, 2.24) is 14.5 Å². The van der Waals surface area contributed by atoms with Gasteiger partial charge in [-0.1, -0.05) is 127 Å². The summed E-state index contributed by atoms with van der Waals surface area (Å²) in [5, 5.41) is 3.52. The molecule has 58 heavy (non-hydrogen) atoms. The maximum Gasteiger partial charge on any atom is 0.160 e. The van der Waals surface area contributed by atoms with Crippen molar-refractivity contribution in [3.63, 3.8) is 0 Å². The second kappa shape index (κ2) is 11.8. The molecule has 4 heterocycles. The highest BCUT2D eigenvalue weighted by Gasteiger charge is 2.51. The lowest BCUT2D eigenvalue weighted by Gasteiger charge is -2.39. The number of nitrogens with zero attached hydrogens (tertiary/aromatic N) is 3. The normalized spacial score (nSPS) is 13.4. The quantitative estimate of drug-likeness (QED) is 0.180. The fourth-order valence-corrected chi connectivity index (χ4v) is 11.0. The Labute approximate surface area is 337 Å². The molecule has 0 N–H and O–H groups in total. The van der Waals surface area contributed by atoms with Crippen molar-refractivity contribution < 1.29 is 4.74 Å². The predicted molar refractivity (Wildman–Crippen MR) is 238 cm³/mol. The van der Waals surface area contributed by atoms with Crippen molar-refractivity contribution in [3.05, 3.63) is 210 Å². The van der Waals surface area contributed by atoms with E-state index in [9.17, 15) is 0 Å². The minimum absolute atomic E-state index is 0.569. The van der Waals surface area contributed by atoms with Crippen LogP contribution in [0.4, 0.5) is 0 Å². The third-order valence-electron chi connectivity index (χ3n) is 12.3. The highest BCUT2D eigenvalue weighted by Crippen LogP contribution is 2.62. The molecule has 8 aromatic carbocycles. The van der Waals surface area contributed by atoms with Gasteiger partial charge in [-0.15, -0.1) is 11.3 Å². The van der Waals surface area contributed by atoms with Gasteiger partial charge in [0.1, 0.15) is 11.5 Å². The lowest BCUT2D eigenvalue weighted by atomic mass is 9.66. The van der Waals surface area contributed by atoms with Crippen molar-refractivity contribution in [3.8, 4) is 51.0 Å². The summed E-state index contributed by atoms with van der Waals surface area (Å²) < 4.78 is 11.3. The van der Waals surface area contributed by atoms with E-state index >= 15 is 0 Å². The molecule has 4 nitrogen and oxygen atoms in total. The van der Waals surface area contributed by atoms with Crippen LogP contribution in [-0.2, 0) is 5.41 Å². The van der Waals surface area contributed by atoms with Gasteiger partial charge in [-0.25, -0.2) is 9.97 Å². The number of hydrogen-bond acceptors (Lipinski definition) is 4. The number of benzene rings is 8. The first-order valence-electron chi connectivity index (χ1n) is 19.7. The van der Waals surface area contributed by atoms with Gasteiger partial charge in [0.2, 0.25) is 0 Å². The van der Waals surface area contributed by atoms with E-state index in [1.807, 2.05) is 0 Å². The Morgan fingerprint density at radius 3 is 1.93 bits per heavy atom. The fourth-order valence-electron chi connectivity index (χ4n) is 9.88. The number of fused-ring (bicyclic) bond motifs is 15. The Kier molecular flexibility index (Phi) is 6.49. The number of hydrogen-bond donors (Lipinski definition) is 0. The molecule has 11 aromatic rings. The molecule has 5 heteroatoms. The van der Waals surface area contributed by atoms with E-state index in [0.717, 1.165) is 66.3 Å². The van der Waals surface area contributed by atoms with E-state index in [0.29, 0.717) is 5.82 Å². The fraction of sp³-hybridized carbons (Fsp3) is 0.0189. The number of thiophene rings is 1. The Morgan fingerprint density at radius 1 is 0.466 bits per heavy atom. The van der Waals surface area contributed by atoms with Crippen LogP contribution in [-0.4, -0.2) is 14.5 Å². The zero-order valence-electron chi connectivity index (χ0n) is 31.1. The first kappa shape index (κ1) is 31.8. The summed E-state index contributed by atoms with van der Waals surface area (Å²) in [6, 6.07) is 67.5. The van der Waals surface area contributed by atoms with Crippen molar-refractivity contribution in [2.45, 2.75) is 5.41 Å². The van der Waals surface area contributed by atoms with Gasteiger partial charge in [-0.3, -0.25) is 0 Å². The van der Waals surface area contributed by atoms with Crippen LogP contribution in [0, 0.1) is 0 Å². The number of para-hydroxylation sites is 4. The molecule has 0 bridgehead atoms. The van der Waals surface area contributed by atoms with Crippen molar-refractivity contribution in [2.75, 3.05) is 0 Å². The summed E-state index contributed by atoms with van der Waals surface area (Å²) in [5.41, 5.74) is 14.1. The number of aromatic nitrogens is 3. The third kappa shape index (κ3) is 4.23. The predicted octanol–water partition coefficient (Wildman–Crippen LogP) is 13.7. The largest absolute Gasteiger partial charge is 0.457 e. The first-order chi connectivity index (χ1) is 28.8. The number of rotatable bonds is 3. The molecule has 0 saturated carbocycles. The Morgan fingerprint density at radius 2 is 1.10 bits per heavy atom. The van der Waals surface area contributed by atoms with Crippen LogP contribution in [0.15, 0.2) is 188 Å². The smallest absolute Gasteiger partial charge is 0.160 e. The second-order valence-corrected chi connectivity index (χ2v) is 16.3. The van der Waals surface area contributed by atoms with Gasteiger partial charge < -0.3 is 9.30 Å². The maximum absolute atomic E-state index is 6.63. The summed E-state index contributed by atoms with van der Waals surface area (Å²) in [4.78, 5) is 10.9. The molecule has 1 aliphatic carbocycles. The molecular formula is C53H31N3OS. The molecular weight excluding hydrogens is 727 g/mol. The second-order valence-electron chi connectivity index (χ2n) is 15.2. The van der Waals surface area contributed by atoms with Crippen LogP contribution in [0.5, 0.6) is 11.5 Å². The van der Waals surface area contributed by atoms with Gasteiger partial charge in [0, 0.05) is 48.8 Å². The highest BCUT2D eigenvalue weighted by atomic mass is 32.1. The monoisotopic (exact) mass is 757 g/mol. The molecule has 0 fully saturated rings. The molecule has 1 spiro atoms. The van der Waals surface area contributed by atoms with E-state index < -0.39 is 5.41 Å². The molecule has 0 amide bonds. The molecule has 1 aliphatic heterocycles. The molecule has 270 valence electrons. The lowest BCUT2D eigenvalue weighted by molar-refractivity contribution is 0.436. The summed E-state index contributed by atoms with van der Waals surface area (Å²) in [7, 11) is 0. The van der Waals surface area contributed by atoms with E-state index in [-0.39, 0.29) is 0 Å². The average Bonchev–Trinajstić information content (AvgIpc) is 3.93. The standard InChI is InChI=1S/C53H31N3OS/c1-2-14-34(15-3-1)56-44-22-10-5-17-37(44)39-30-33(27-29-45(39)56)52-54-49(51-50(55-52)38-18-6-13-25-48(38)58-51)32-26-28-36-35-16-4-7-19-40(35)53(43(36)31-32)41-20-8-11-23-46(41)57-47-24-12-9-21-42(47)53/h1-31H. The summed E-state index contributed by atoms with van der Waals surface area (Å²) in [6.45, 7) is 0. The van der Waals surface area contributed by atoms with Crippen molar-refractivity contribution >= 4 is 53.4 Å². The molecule has 0 saturated heterocycles. The average molecular weight is 758 g/mol. The molecule has 13 rings (SSSR count). The minimum Gasteiger partial charge on any atom is -0.457 e. The highest BCUT2D eigenvalue weighted by molar-refractivity contribution is 7.26. The molecule has 0 radical (unpaired) electrons. The molecule has 0 atom stereocenters. The van der Waals surface area contributed by atoms with Crippen LogP contribution in [0.2, 0.25) is 0 Å². The van der Waals surface area contributed by atoms with Gasteiger partial charge in [0.05, 0.1) is 32.4 Å². The van der Waals surface area contributed by atoms with Crippen LogP contribution in [0.1, 0.15) is 22.3 Å². The van der Waals surface area contributed by atoms with E-state index in [2.05, 4.69) is 193 Å². The molecule has 0 unspecified atom stereocenters. The maximum atomic E-state index is 6.63. The van der Waals surface area contributed by atoms with E-state index in [1.54, 1.807) is 11.3 Å². The summed E-state index contributed by atoms with van der Waals surface area (Å²) >= 11 is 1.77. The summed E-state index contributed by atoms with van der Waals surface area (Å²) in [5.74, 6) is 2.48. The third-order valence-corrected chi connectivity index (χ3v) is 13.5. The SMILES string of the molecule is c1ccc(-n2c3ccccc3c3cc(-c4nc(-c5ccc6c(c5)C5(c7ccccc7Oc7ccccc75)c5ccccc5-6)c5sc6ccccc6c5n4)ccc32)cc1. The summed E-state index contributed by atoms with van der Waals surface area (Å²) in [6.07, 6.45) is 0. The lowest BCUT2D eigenvalue weighted by Crippen LogP contribution is -2.32. The topological polar surface area (TPSA) is 39.9 Å². The Bertz CT molecular complexity index is 3460. The Hall–Kier alpha value is -7.34. The molecule has 3 aromatic heterocycles. The minimum atomic E-state index is -0.569. The first-order valence-corrected chi connectivity index (χ1v) is 20.5. The van der Waals surface area contributed by atoms with E-state index in [1.165, 1.54) is 43.2 Å². The van der Waals surface area contributed by atoms with Gasteiger partial charge in [-0.05, 0) is 82.9 Å². The number of ether oxygens (including phenoxy) is 1. The van der Waals surface area contributed by atoms with E-state index in [4.69, 9.17) is 14.7 Å². The van der Waals surface area contributed by atoms with Crippen LogP contribution in [0.3, 0.4) is 0 Å². The Balaban J connectivity index is 1.08. The zero-order valence-corrected chi connectivity index (χ0v) is 31.9. The van der Waals surface area contributed by atoms with Crippen LogP contribution in [0.25, 0.3) is 81.6 Å². The molecule has 2 aliphatic rings. The van der Waals surface area contributed by atoms with Crippen LogP contribution >= 0.6 is 11.3 Å². The van der Waals surface area contributed by atoms with Gasteiger partial charge in [-0.2, -0.15) is 0 Å². The van der Waals surface area contributed by atoms with Crippen LogP contribution < -0.4 is 4.74 Å². The zero-order chi connectivity index (χ0) is 38.0. The van der Waals surface area contributed by atoms with Crippen molar-refractivity contribution in [2.24, 2.45) is 0 Å². The van der Waals surface area contributed by atoms with Gasteiger partial charge in [0.25, 0.3) is 0 Å². The van der Waals surface area contributed by atoms with Gasteiger partial charge >= 0.3 is 0 Å². The van der Waals surface area contributed by atoms with Gasteiger partial charge in [0.15, 0.2) is 5.82 Å².